The highest BCUT2D eigenvalue weighted by Gasteiger charge is 2.18. The molecule has 0 spiro atoms. The van der Waals surface area contributed by atoms with Crippen molar-refractivity contribution in [3.05, 3.63) is 34.9 Å². The van der Waals surface area contributed by atoms with Crippen LogP contribution in [0, 0.1) is 5.41 Å². The maximum atomic E-state index is 6.13. The Hall–Kier alpha value is -0.180. The molecule has 1 nitrogen and oxygen atoms in total. The number of hydrogen-bond donors (Lipinski definition) is 1. The Morgan fingerprint density at radius 2 is 1.94 bits per heavy atom. The summed E-state index contributed by atoms with van der Waals surface area (Å²) in [4.78, 5) is 2.29. The molecule has 3 heteroatoms. The van der Waals surface area contributed by atoms with Crippen LogP contribution in [-0.2, 0) is 6.54 Å². The van der Waals surface area contributed by atoms with Crippen molar-refractivity contribution in [1.29, 1.82) is 0 Å². The molecule has 0 aromatic heterocycles. The molecule has 0 aliphatic rings. The van der Waals surface area contributed by atoms with Crippen molar-refractivity contribution in [2.45, 2.75) is 20.4 Å². The lowest BCUT2D eigenvalue weighted by Crippen LogP contribution is -2.32. The minimum Gasteiger partial charge on any atom is -0.301 e. The quantitative estimate of drug-likeness (QED) is 0.787. The largest absolute Gasteiger partial charge is 0.301 e. The fraction of sp³-hybridized carbons (Fsp3) is 0.538. The Labute approximate surface area is 109 Å². The molecule has 0 bridgehead atoms. The van der Waals surface area contributed by atoms with Gasteiger partial charge in [0.1, 0.15) is 0 Å². The van der Waals surface area contributed by atoms with Crippen LogP contribution in [0.5, 0.6) is 0 Å². The van der Waals surface area contributed by atoms with E-state index in [0.717, 1.165) is 23.9 Å². The highest BCUT2D eigenvalue weighted by atomic mass is 35.5. The summed E-state index contributed by atoms with van der Waals surface area (Å²) in [5.41, 5.74) is 1.42. The fourth-order valence-electron chi connectivity index (χ4n) is 1.75. The maximum absolute atomic E-state index is 6.13. The van der Waals surface area contributed by atoms with Gasteiger partial charge in [-0.05, 0) is 29.8 Å². The highest BCUT2D eigenvalue weighted by molar-refractivity contribution is 7.80. The van der Waals surface area contributed by atoms with Crippen LogP contribution in [0.15, 0.2) is 24.3 Å². The first kappa shape index (κ1) is 13.9. The van der Waals surface area contributed by atoms with E-state index in [2.05, 4.69) is 44.5 Å². The summed E-state index contributed by atoms with van der Waals surface area (Å²) < 4.78 is 0. The average Bonchev–Trinajstić information content (AvgIpc) is 2.21. The topological polar surface area (TPSA) is 3.24 Å². The molecular formula is C13H20ClNS. The van der Waals surface area contributed by atoms with Gasteiger partial charge in [0.25, 0.3) is 0 Å². The van der Waals surface area contributed by atoms with Crippen molar-refractivity contribution >= 4 is 24.2 Å². The molecular weight excluding hydrogens is 238 g/mol. The summed E-state index contributed by atoms with van der Waals surface area (Å²) in [6.45, 7) is 6.35. The van der Waals surface area contributed by atoms with Gasteiger partial charge in [-0.3, -0.25) is 0 Å². The molecule has 0 unspecified atom stereocenters. The van der Waals surface area contributed by atoms with Gasteiger partial charge in [0.05, 0.1) is 0 Å². The van der Waals surface area contributed by atoms with Crippen LogP contribution in [0.25, 0.3) is 0 Å². The van der Waals surface area contributed by atoms with Crippen molar-refractivity contribution in [1.82, 2.24) is 4.90 Å². The lowest BCUT2D eigenvalue weighted by molar-refractivity contribution is 0.225. The number of halogens is 1. The third-order valence-electron chi connectivity index (χ3n) is 2.52. The monoisotopic (exact) mass is 257 g/mol. The molecule has 0 saturated carbocycles. The molecule has 0 saturated heterocycles. The summed E-state index contributed by atoms with van der Waals surface area (Å²) in [5.74, 6) is 0.889. The highest BCUT2D eigenvalue weighted by Crippen LogP contribution is 2.21. The second-order valence-electron chi connectivity index (χ2n) is 5.09. The third kappa shape index (κ3) is 4.36. The predicted octanol–water partition coefficient (Wildman–Crippen LogP) is 3.73. The first-order valence-corrected chi connectivity index (χ1v) is 6.48. The molecule has 0 radical (unpaired) electrons. The Bertz CT molecular complexity index is 338. The zero-order chi connectivity index (χ0) is 12.2. The van der Waals surface area contributed by atoms with Crippen molar-refractivity contribution in [2.75, 3.05) is 19.3 Å². The zero-order valence-corrected chi connectivity index (χ0v) is 11.9. The SMILES string of the molecule is CN(Cc1ccccc1Cl)CC(C)(C)CS. The van der Waals surface area contributed by atoms with Gasteiger partial charge in [-0.15, -0.1) is 0 Å². The molecule has 0 heterocycles. The molecule has 16 heavy (non-hydrogen) atoms. The van der Waals surface area contributed by atoms with E-state index in [-0.39, 0.29) is 5.41 Å². The van der Waals surface area contributed by atoms with Gasteiger partial charge in [-0.2, -0.15) is 12.6 Å². The van der Waals surface area contributed by atoms with Gasteiger partial charge >= 0.3 is 0 Å². The molecule has 0 aliphatic heterocycles. The summed E-state index contributed by atoms with van der Waals surface area (Å²) in [5, 5.41) is 0.845. The van der Waals surface area contributed by atoms with Crippen LogP contribution in [-0.4, -0.2) is 24.2 Å². The van der Waals surface area contributed by atoms with Crippen LogP contribution >= 0.6 is 24.2 Å². The standard InChI is InChI=1S/C13H20ClNS/c1-13(2,10-16)9-15(3)8-11-6-4-5-7-12(11)14/h4-7,16H,8-10H2,1-3H3. The van der Waals surface area contributed by atoms with Gasteiger partial charge in [-0.1, -0.05) is 43.6 Å². The van der Waals surface area contributed by atoms with Gasteiger partial charge in [0, 0.05) is 18.1 Å². The van der Waals surface area contributed by atoms with E-state index in [0.29, 0.717) is 0 Å². The van der Waals surface area contributed by atoms with E-state index < -0.39 is 0 Å². The lowest BCUT2D eigenvalue weighted by atomic mass is 9.95. The molecule has 0 N–H and O–H groups in total. The van der Waals surface area contributed by atoms with Crippen LogP contribution in [0.4, 0.5) is 0 Å². The fourth-order valence-corrected chi connectivity index (χ4v) is 2.05. The van der Waals surface area contributed by atoms with E-state index in [4.69, 9.17) is 11.6 Å². The summed E-state index contributed by atoms with van der Waals surface area (Å²) in [7, 11) is 2.12. The van der Waals surface area contributed by atoms with E-state index in [9.17, 15) is 0 Å². The van der Waals surface area contributed by atoms with Gasteiger partial charge < -0.3 is 4.90 Å². The van der Waals surface area contributed by atoms with E-state index in [1.165, 1.54) is 5.56 Å². The Morgan fingerprint density at radius 3 is 2.50 bits per heavy atom. The number of benzene rings is 1. The second kappa shape index (κ2) is 5.95. The number of rotatable bonds is 5. The van der Waals surface area contributed by atoms with E-state index in [1.807, 2.05) is 18.2 Å². The van der Waals surface area contributed by atoms with Crippen LogP contribution < -0.4 is 0 Å². The zero-order valence-electron chi connectivity index (χ0n) is 10.2. The molecule has 1 rings (SSSR count). The van der Waals surface area contributed by atoms with Crippen molar-refractivity contribution in [3.8, 4) is 0 Å². The number of hydrogen-bond acceptors (Lipinski definition) is 2. The lowest BCUT2D eigenvalue weighted by Gasteiger charge is -2.29. The van der Waals surface area contributed by atoms with Crippen molar-refractivity contribution in [2.24, 2.45) is 5.41 Å². The molecule has 1 aromatic carbocycles. The summed E-state index contributed by atoms with van der Waals surface area (Å²) >= 11 is 10.5. The van der Waals surface area contributed by atoms with Crippen LogP contribution in [0.2, 0.25) is 5.02 Å². The first-order valence-electron chi connectivity index (χ1n) is 5.47. The molecule has 1 aromatic rings. The second-order valence-corrected chi connectivity index (χ2v) is 5.81. The van der Waals surface area contributed by atoms with Crippen molar-refractivity contribution < 1.29 is 0 Å². The Kier molecular flexibility index (Phi) is 5.16. The molecule has 90 valence electrons. The van der Waals surface area contributed by atoms with Gasteiger partial charge in [0.2, 0.25) is 0 Å². The normalized spacial score (nSPS) is 12.1. The smallest absolute Gasteiger partial charge is 0.0451 e. The molecule has 0 amide bonds. The van der Waals surface area contributed by atoms with Crippen LogP contribution in [0.3, 0.4) is 0 Å². The Morgan fingerprint density at radius 1 is 1.31 bits per heavy atom. The van der Waals surface area contributed by atoms with Crippen molar-refractivity contribution in [3.63, 3.8) is 0 Å². The predicted molar refractivity (Wildman–Crippen MR) is 75.4 cm³/mol. The number of thiol groups is 1. The number of nitrogens with zero attached hydrogens (tertiary/aromatic N) is 1. The first-order chi connectivity index (χ1) is 7.44. The molecule has 0 fully saturated rings. The minimum atomic E-state index is 0.235. The van der Waals surface area contributed by atoms with Gasteiger partial charge in [-0.25, -0.2) is 0 Å². The van der Waals surface area contributed by atoms with Gasteiger partial charge in [0.15, 0.2) is 0 Å². The maximum Gasteiger partial charge on any atom is 0.0451 e. The third-order valence-corrected chi connectivity index (χ3v) is 3.75. The average molecular weight is 258 g/mol. The molecule has 0 aliphatic carbocycles. The minimum absolute atomic E-state index is 0.235. The van der Waals surface area contributed by atoms with Crippen LogP contribution in [0.1, 0.15) is 19.4 Å². The molecule has 0 atom stereocenters. The summed E-state index contributed by atoms with van der Waals surface area (Å²) in [6, 6.07) is 8.00. The summed E-state index contributed by atoms with van der Waals surface area (Å²) in [6.07, 6.45) is 0. The Balaban J connectivity index is 2.58. The van der Waals surface area contributed by atoms with E-state index in [1.54, 1.807) is 0 Å². The van der Waals surface area contributed by atoms with E-state index >= 15 is 0 Å².